The van der Waals surface area contributed by atoms with E-state index < -0.39 is 7.25 Å². The number of nitrogens with one attached hydrogen (secondary N) is 1. The summed E-state index contributed by atoms with van der Waals surface area (Å²) in [7, 11) is -6.00. The summed E-state index contributed by atoms with van der Waals surface area (Å²) in [5.74, 6) is 0.208. The first-order chi connectivity index (χ1) is 7.75. The normalized spacial score (nSPS) is 18.9. The van der Waals surface area contributed by atoms with Gasteiger partial charge in [-0.05, 0) is 19.4 Å². The third-order valence-electron chi connectivity index (χ3n) is 1.71. The van der Waals surface area contributed by atoms with Gasteiger partial charge in [-0.1, -0.05) is 23.8 Å². The minimum absolute atomic E-state index is 0.0587. The van der Waals surface area contributed by atoms with Crippen LogP contribution in [0.4, 0.5) is 17.3 Å². The Morgan fingerprint density at radius 3 is 2.47 bits per heavy atom. The molecule has 0 saturated carbocycles. The smallest absolute Gasteiger partial charge is 0.481 e. The van der Waals surface area contributed by atoms with E-state index in [9.17, 15) is 17.3 Å². The Hall–Kier alpha value is -0.975. The van der Waals surface area contributed by atoms with E-state index in [4.69, 9.17) is 21.7 Å². The van der Waals surface area contributed by atoms with Crippen molar-refractivity contribution in [3.8, 4) is 0 Å². The van der Waals surface area contributed by atoms with Crippen molar-refractivity contribution in [1.82, 2.24) is 0 Å². The summed E-state index contributed by atoms with van der Waals surface area (Å²) >= 11 is 5.90. The maximum absolute atomic E-state index is 9.75. The summed E-state index contributed by atoms with van der Waals surface area (Å²) in [6, 6.07) is 0. The summed E-state index contributed by atoms with van der Waals surface area (Å²) in [6.07, 6.45) is 6.47. The fourth-order valence-electron chi connectivity index (χ4n) is 1.09. The molecule has 0 bridgehead atoms. The van der Waals surface area contributed by atoms with Crippen molar-refractivity contribution in [3.63, 3.8) is 0 Å². The molecule has 0 saturated heterocycles. The Bertz CT molecular complexity index is 311. The van der Waals surface area contributed by atoms with E-state index in [1.54, 1.807) is 0 Å². The van der Waals surface area contributed by atoms with Crippen molar-refractivity contribution < 1.29 is 22.0 Å². The van der Waals surface area contributed by atoms with E-state index in [1.807, 2.05) is 25.2 Å². The SMILES string of the molecule is CCOC(=N)C1CC=CC=C1Cl.F[B-](F)(F)F. The van der Waals surface area contributed by atoms with E-state index in [0.29, 0.717) is 11.6 Å². The highest BCUT2D eigenvalue weighted by atomic mass is 35.5. The van der Waals surface area contributed by atoms with Crippen molar-refractivity contribution in [2.75, 3.05) is 6.61 Å². The lowest BCUT2D eigenvalue weighted by Gasteiger charge is -2.17. The number of hydrogen-bond acceptors (Lipinski definition) is 2. The molecule has 2 nitrogen and oxygen atoms in total. The Kier molecular flexibility index (Phi) is 6.95. The summed E-state index contributed by atoms with van der Waals surface area (Å²) < 4.78 is 44.1. The number of rotatable bonds is 2. The predicted molar refractivity (Wildman–Crippen MR) is 60.7 cm³/mol. The van der Waals surface area contributed by atoms with Gasteiger partial charge in [0.05, 0.1) is 12.5 Å². The molecule has 1 N–H and O–H groups in total. The summed E-state index contributed by atoms with van der Waals surface area (Å²) in [6.45, 7) is 2.40. The molecule has 0 fully saturated rings. The van der Waals surface area contributed by atoms with Gasteiger partial charge >= 0.3 is 7.25 Å². The molecule has 17 heavy (non-hydrogen) atoms. The van der Waals surface area contributed by atoms with Crippen LogP contribution in [0.1, 0.15) is 13.3 Å². The third-order valence-corrected chi connectivity index (χ3v) is 2.10. The Labute approximate surface area is 102 Å². The van der Waals surface area contributed by atoms with Crippen LogP contribution in [0.25, 0.3) is 0 Å². The largest absolute Gasteiger partial charge is 0.673 e. The van der Waals surface area contributed by atoms with Crippen molar-refractivity contribution in [3.05, 3.63) is 23.3 Å². The average molecular weight is 272 g/mol. The zero-order valence-electron chi connectivity index (χ0n) is 9.10. The molecule has 1 rings (SSSR count). The number of hydrogen-bond donors (Lipinski definition) is 1. The quantitative estimate of drug-likeness (QED) is 0.350. The highest BCUT2D eigenvalue weighted by molar-refractivity contribution is 6.50. The molecule has 0 amide bonds. The highest BCUT2D eigenvalue weighted by Gasteiger charge is 2.20. The van der Waals surface area contributed by atoms with Crippen molar-refractivity contribution >= 4 is 24.8 Å². The van der Waals surface area contributed by atoms with Gasteiger partial charge in [0, 0.05) is 5.03 Å². The first-order valence-electron chi connectivity index (χ1n) is 4.86. The van der Waals surface area contributed by atoms with E-state index in [2.05, 4.69) is 0 Å². The highest BCUT2D eigenvalue weighted by Crippen LogP contribution is 2.24. The van der Waals surface area contributed by atoms with Crippen LogP contribution in [-0.2, 0) is 4.74 Å². The molecule has 0 spiro atoms. The van der Waals surface area contributed by atoms with Crippen LogP contribution < -0.4 is 0 Å². The fraction of sp³-hybridized carbons (Fsp3) is 0.444. The summed E-state index contributed by atoms with van der Waals surface area (Å²) in [5, 5.41) is 8.22. The van der Waals surface area contributed by atoms with Crippen LogP contribution in [0.3, 0.4) is 0 Å². The molecule has 0 aromatic rings. The van der Waals surface area contributed by atoms with Crippen LogP contribution >= 0.6 is 11.6 Å². The first kappa shape index (κ1) is 16.0. The second kappa shape index (κ2) is 7.37. The van der Waals surface area contributed by atoms with Crippen molar-refractivity contribution in [1.29, 1.82) is 5.41 Å². The van der Waals surface area contributed by atoms with E-state index in [1.165, 1.54) is 0 Å². The molecule has 0 aromatic heterocycles. The number of halogens is 5. The second-order valence-corrected chi connectivity index (χ2v) is 3.50. The maximum atomic E-state index is 9.75. The molecular formula is C9H12BClF4NO-. The number of allylic oxidation sites excluding steroid dienone is 3. The minimum atomic E-state index is -6.00. The zero-order valence-corrected chi connectivity index (χ0v) is 9.85. The van der Waals surface area contributed by atoms with Crippen molar-refractivity contribution in [2.45, 2.75) is 13.3 Å². The van der Waals surface area contributed by atoms with Gasteiger partial charge in [0.1, 0.15) is 0 Å². The lowest BCUT2D eigenvalue weighted by molar-refractivity contribution is 0.303. The maximum Gasteiger partial charge on any atom is 0.673 e. The molecule has 98 valence electrons. The first-order valence-corrected chi connectivity index (χ1v) is 5.24. The molecule has 0 heterocycles. The molecule has 1 atom stereocenters. The summed E-state index contributed by atoms with van der Waals surface area (Å²) in [4.78, 5) is 0. The Morgan fingerprint density at radius 1 is 1.53 bits per heavy atom. The van der Waals surface area contributed by atoms with E-state index in [-0.39, 0.29) is 11.8 Å². The minimum Gasteiger partial charge on any atom is -0.481 e. The van der Waals surface area contributed by atoms with Crippen LogP contribution in [0.2, 0.25) is 0 Å². The molecule has 1 unspecified atom stereocenters. The van der Waals surface area contributed by atoms with E-state index in [0.717, 1.165) is 6.42 Å². The molecule has 8 heteroatoms. The lowest BCUT2D eigenvalue weighted by Crippen LogP contribution is -2.17. The molecule has 1 aliphatic rings. The van der Waals surface area contributed by atoms with Crippen LogP contribution in [0, 0.1) is 11.3 Å². The molecule has 0 aliphatic heterocycles. The van der Waals surface area contributed by atoms with Gasteiger partial charge in [-0.15, -0.1) is 0 Å². The van der Waals surface area contributed by atoms with Gasteiger partial charge in [0.2, 0.25) is 0 Å². The average Bonchev–Trinajstić information content (AvgIpc) is 2.16. The predicted octanol–water partition coefficient (Wildman–Crippen LogP) is 4.00. The summed E-state index contributed by atoms with van der Waals surface area (Å²) in [5.41, 5.74) is 0. The van der Waals surface area contributed by atoms with Gasteiger partial charge in [-0.2, -0.15) is 0 Å². The van der Waals surface area contributed by atoms with E-state index >= 15 is 0 Å². The Morgan fingerprint density at radius 2 is 2.06 bits per heavy atom. The van der Waals surface area contributed by atoms with Crippen LogP contribution in [0.15, 0.2) is 23.3 Å². The van der Waals surface area contributed by atoms with Gasteiger partial charge in [-0.3, -0.25) is 5.41 Å². The molecule has 1 aliphatic carbocycles. The monoisotopic (exact) mass is 272 g/mol. The van der Waals surface area contributed by atoms with Crippen molar-refractivity contribution in [2.24, 2.45) is 5.92 Å². The topological polar surface area (TPSA) is 33.1 Å². The fourth-order valence-corrected chi connectivity index (χ4v) is 1.35. The second-order valence-electron chi connectivity index (χ2n) is 3.06. The Balaban J connectivity index is 0.000000437. The molecule has 0 aromatic carbocycles. The lowest BCUT2D eigenvalue weighted by atomic mass is 10.0. The molecule has 0 radical (unpaired) electrons. The standard InChI is InChI=1S/C9H12ClNO.BF4/c1-2-12-9(11)7-5-3-4-6-8(7)10;2-1(3,4)5/h3-4,6-7,11H,2,5H2,1H3;/q;-1. The van der Waals surface area contributed by atoms with Gasteiger partial charge in [0.15, 0.2) is 5.90 Å². The van der Waals surface area contributed by atoms with Crippen LogP contribution in [0.5, 0.6) is 0 Å². The molecular weight excluding hydrogens is 260 g/mol. The third kappa shape index (κ3) is 8.79. The van der Waals surface area contributed by atoms with Crippen LogP contribution in [-0.4, -0.2) is 19.8 Å². The van der Waals surface area contributed by atoms with Gasteiger partial charge in [-0.25, -0.2) is 0 Å². The van der Waals surface area contributed by atoms with Gasteiger partial charge < -0.3 is 22.0 Å². The zero-order chi connectivity index (χ0) is 13.5. The number of ether oxygens (including phenoxy) is 1. The van der Waals surface area contributed by atoms with Gasteiger partial charge in [0.25, 0.3) is 0 Å².